The second-order valence-corrected chi connectivity index (χ2v) is 7.14. The van der Waals surface area contributed by atoms with Crippen LogP contribution in [0.5, 0.6) is 0 Å². The van der Waals surface area contributed by atoms with E-state index in [-0.39, 0.29) is 5.03 Å². The van der Waals surface area contributed by atoms with Gasteiger partial charge in [0.25, 0.3) is 10.0 Å². The molecule has 1 heterocycles. The first-order chi connectivity index (χ1) is 9.95. The van der Waals surface area contributed by atoms with Crippen LogP contribution >= 0.6 is 15.9 Å². The zero-order valence-corrected chi connectivity index (χ0v) is 13.5. The monoisotopic (exact) mass is 365 g/mol. The molecule has 2 aromatic carbocycles. The lowest BCUT2D eigenvalue weighted by Crippen LogP contribution is -2.13. The van der Waals surface area contributed by atoms with Crippen molar-refractivity contribution in [2.24, 2.45) is 7.05 Å². The number of anilines is 1. The SMILES string of the molecule is Cn1cnc(S(=O)(=O)Nc2ccc3c(Br)cccc3c2)c1. The number of nitrogens with one attached hydrogen (secondary N) is 1. The Kier molecular flexibility index (Phi) is 3.46. The van der Waals surface area contributed by atoms with Gasteiger partial charge < -0.3 is 4.57 Å². The van der Waals surface area contributed by atoms with Crippen molar-refractivity contribution in [1.29, 1.82) is 0 Å². The highest BCUT2D eigenvalue weighted by Crippen LogP contribution is 2.27. The zero-order valence-electron chi connectivity index (χ0n) is 11.1. The minimum atomic E-state index is -3.66. The Morgan fingerprint density at radius 1 is 1.24 bits per heavy atom. The number of nitrogens with zero attached hydrogens (tertiary/aromatic N) is 2. The highest BCUT2D eigenvalue weighted by atomic mass is 79.9. The van der Waals surface area contributed by atoms with E-state index in [1.165, 1.54) is 12.5 Å². The number of fused-ring (bicyclic) bond motifs is 1. The molecule has 0 atom stereocenters. The van der Waals surface area contributed by atoms with Gasteiger partial charge in [-0.25, -0.2) is 4.98 Å². The fourth-order valence-corrected chi connectivity index (χ4v) is 3.59. The summed E-state index contributed by atoms with van der Waals surface area (Å²) in [6.07, 6.45) is 2.91. The number of imidazole rings is 1. The molecule has 21 heavy (non-hydrogen) atoms. The molecule has 0 saturated heterocycles. The van der Waals surface area contributed by atoms with E-state index < -0.39 is 10.0 Å². The Morgan fingerprint density at radius 2 is 2.05 bits per heavy atom. The number of benzene rings is 2. The number of aromatic nitrogens is 2. The van der Waals surface area contributed by atoms with Crippen LogP contribution in [0.3, 0.4) is 0 Å². The van der Waals surface area contributed by atoms with Gasteiger partial charge in [0.15, 0.2) is 5.03 Å². The van der Waals surface area contributed by atoms with Crippen molar-refractivity contribution < 1.29 is 8.42 Å². The average Bonchev–Trinajstić information content (AvgIpc) is 2.86. The van der Waals surface area contributed by atoms with Gasteiger partial charge in [-0.05, 0) is 29.0 Å². The molecule has 0 spiro atoms. The summed E-state index contributed by atoms with van der Waals surface area (Å²) in [6.45, 7) is 0. The van der Waals surface area contributed by atoms with Crippen molar-refractivity contribution in [2.75, 3.05) is 4.72 Å². The molecule has 108 valence electrons. The molecule has 1 aromatic heterocycles. The van der Waals surface area contributed by atoms with E-state index in [0.717, 1.165) is 15.2 Å². The van der Waals surface area contributed by atoms with E-state index in [1.54, 1.807) is 23.7 Å². The van der Waals surface area contributed by atoms with Crippen LogP contribution in [0.25, 0.3) is 10.8 Å². The molecule has 0 fully saturated rings. The fourth-order valence-electron chi connectivity index (χ4n) is 2.04. The first kappa shape index (κ1) is 14.1. The Bertz CT molecular complexity index is 919. The Balaban J connectivity index is 1.98. The molecule has 0 aliphatic heterocycles. The third-order valence-corrected chi connectivity index (χ3v) is 4.99. The Morgan fingerprint density at radius 3 is 2.76 bits per heavy atom. The molecule has 0 aliphatic rings. The number of rotatable bonds is 3. The summed E-state index contributed by atoms with van der Waals surface area (Å²) in [5.74, 6) is 0. The summed E-state index contributed by atoms with van der Waals surface area (Å²) in [7, 11) is -1.94. The third-order valence-electron chi connectivity index (χ3n) is 3.04. The molecule has 0 amide bonds. The van der Waals surface area contributed by atoms with Gasteiger partial charge in [0.2, 0.25) is 0 Å². The molecule has 0 saturated carbocycles. The predicted molar refractivity (Wildman–Crippen MR) is 85.7 cm³/mol. The lowest BCUT2D eigenvalue weighted by atomic mass is 10.1. The topological polar surface area (TPSA) is 64.0 Å². The van der Waals surface area contributed by atoms with Gasteiger partial charge in [-0.15, -0.1) is 0 Å². The molecular formula is C14H12BrN3O2S. The molecule has 7 heteroatoms. The van der Waals surface area contributed by atoms with Crippen LogP contribution in [0.2, 0.25) is 0 Å². The second kappa shape index (κ2) is 5.16. The van der Waals surface area contributed by atoms with Crippen LogP contribution in [-0.4, -0.2) is 18.0 Å². The van der Waals surface area contributed by atoms with Crippen LogP contribution in [-0.2, 0) is 17.1 Å². The minimum absolute atomic E-state index is 0.000612. The van der Waals surface area contributed by atoms with Crippen molar-refractivity contribution in [1.82, 2.24) is 9.55 Å². The number of hydrogen-bond acceptors (Lipinski definition) is 3. The highest BCUT2D eigenvalue weighted by molar-refractivity contribution is 9.10. The molecule has 0 aliphatic carbocycles. The van der Waals surface area contributed by atoms with E-state index in [0.29, 0.717) is 5.69 Å². The van der Waals surface area contributed by atoms with E-state index in [1.807, 2.05) is 24.3 Å². The third kappa shape index (κ3) is 2.79. The van der Waals surface area contributed by atoms with E-state index in [4.69, 9.17) is 0 Å². The van der Waals surface area contributed by atoms with Crippen molar-refractivity contribution in [3.8, 4) is 0 Å². The summed E-state index contributed by atoms with van der Waals surface area (Å²) in [5.41, 5.74) is 0.506. The number of aryl methyl sites for hydroxylation is 1. The minimum Gasteiger partial charge on any atom is -0.339 e. The van der Waals surface area contributed by atoms with Gasteiger partial charge in [-0.2, -0.15) is 8.42 Å². The molecule has 0 radical (unpaired) electrons. The van der Waals surface area contributed by atoms with Crippen molar-refractivity contribution >= 4 is 42.4 Å². The maximum atomic E-state index is 12.2. The van der Waals surface area contributed by atoms with Crippen molar-refractivity contribution in [3.63, 3.8) is 0 Å². The van der Waals surface area contributed by atoms with Crippen LogP contribution < -0.4 is 4.72 Å². The van der Waals surface area contributed by atoms with Gasteiger partial charge >= 0.3 is 0 Å². The molecule has 3 aromatic rings. The van der Waals surface area contributed by atoms with E-state index in [9.17, 15) is 8.42 Å². The Hall–Kier alpha value is -1.86. The summed E-state index contributed by atoms with van der Waals surface area (Å²) in [5, 5.41) is 1.98. The van der Waals surface area contributed by atoms with Crippen LogP contribution in [0.1, 0.15) is 0 Å². The largest absolute Gasteiger partial charge is 0.339 e. The predicted octanol–water partition coefficient (Wildman–Crippen LogP) is 3.14. The van der Waals surface area contributed by atoms with Crippen LogP contribution in [0, 0.1) is 0 Å². The first-order valence-electron chi connectivity index (χ1n) is 6.15. The number of hydrogen-bond donors (Lipinski definition) is 1. The molecule has 1 N–H and O–H groups in total. The van der Waals surface area contributed by atoms with E-state index in [2.05, 4.69) is 25.6 Å². The Labute approximate surface area is 130 Å². The molecule has 0 bridgehead atoms. The van der Waals surface area contributed by atoms with Gasteiger partial charge in [0.1, 0.15) is 0 Å². The molecular weight excluding hydrogens is 354 g/mol. The second-order valence-electron chi connectivity index (χ2n) is 4.66. The molecule has 5 nitrogen and oxygen atoms in total. The quantitative estimate of drug-likeness (QED) is 0.775. The van der Waals surface area contributed by atoms with Gasteiger partial charge in [-0.1, -0.05) is 34.1 Å². The summed E-state index contributed by atoms with van der Waals surface area (Å²) >= 11 is 3.47. The summed E-state index contributed by atoms with van der Waals surface area (Å²) < 4.78 is 29.5. The van der Waals surface area contributed by atoms with Gasteiger partial charge in [0, 0.05) is 23.4 Å². The smallest absolute Gasteiger partial charge is 0.280 e. The van der Waals surface area contributed by atoms with Crippen LogP contribution in [0.15, 0.2) is 58.4 Å². The van der Waals surface area contributed by atoms with E-state index >= 15 is 0 Å². The summed E-state index contributed by atoms with van der Waals surface area (Å²) in [6, 6.07) is 11.2. The maximum Gasteiger partial charge on any atom is 0.280 e. The molecule has 3 rings (SSSR count). The van der Waals surface area contributed by atoms with Gasteiger partial charge in [-0.3, -0.25) is 4.72 Å². The average molecular weight is 366 g/mol. The maximum absolute atomic E-state index is 12.2. The highest BCUT2D eigenvalue weighted by Gasteiger charge is 2.17. The number of sulfonamides is 1. The standard InChI is InChI=1S/C14H12BrN3O2S/c1-18-8-14(16-9-18)21(19,20)17-11-5-6-12-10(7-11)3-2-4-13(12)15/h2-9,17H,1H3. The van der Waals surface area contributed by atoms with Gasteiger partial charge in [0.05, 0.1) is 6.33 Å². The normalized spacial score (nSPS) is 11.7. The fraction of sp³-hybridized carbons (Fsp3) is 0.0714. The van der Waals surface area contributed by atoms with Crippen molar-refractivity contribution in [2.45, 2.75) is 5.03 Å². The zero-order chi connectivity index (χ0) is 15.0. The lowest BCUT2D eigenvalue weighted by Gasteiger charge is -2.07. The lowest BCUT2D eigenvalue weighted by molar-refractivity contribution is 0.598. The first-order valence-corrected chi connectivity index (χ1v) is 8.42. The summed E-state index contributed by atoms with van der Waals surface area (Å²) in [4.78, 5) is 3.87. The van der Waals surface area contributed by atoms with Crippen LogP contribution in [0.4, 0.5) is 5.69 Å². The molecule has 0 unspecified atom stereocenters. The van der Waals surface area contributed by atoms with Crippen molar-refractivity contribution in [3.05, 3.63) is 53.4 Å². The number of halogens is 1.